The summed E-state index contributed by atoms with van der Waals surface area (Å²) in [6.45, 7) is 2.77. The largest absolute Gasteiger partial charge is 0.355 e. The average Bonchev–Trinajstić information content (AvgIpc) is 3.24. The van der Waals surface area contributed by atoms with Crippen molar-refractivity contribution in [1.29, 1.82) is 0 Å². The van der Waals surface area contributed by atoms with Crippen molar-refractivity contribution < 1.29 is 4.79 Å². The molecule has 4 rings (SSSR count). The van der Waals surface area contributed by atoms with Crippen molar-refractivity contribution in [3.63, 3.8) is 0 Å². The predicted molar refractivity (Wildman–Crippen MR) is 112 cm³/mol. The van der Waals surface area contributed by atoms with Gasteiger partial charge in [0.2, 0.25) is 5.91 Å². The van der Waals surface area contributed by atoms with E-state index in [1.54, 1.807) is 4.68 Å². The van der Waals surface area contributed by atoms with Crippen LogP contribution in [-0.4, -0.2) is 39.2 Å². The maximum absolute atomic E-state index is 12.5. The molecule has 148 valence electrons. The van der Waals surface area contributed by atoms with Crippen LogP contribution in [0.15, 0.2) is 60.7 Å². The Labute approximate surface area is 174 Å². The molecule has 7 nitrogen and oxygen atoms in total. The molecule has 0 saturated heterocycles. The van der Waals surface area contributed by atoms with Crippen LogP contribution in [0.2, 0.25) is 5.02 Å². The molecule has 0 radical (unpaired) electrons. The number of tetrazole rings is 1. The second-order valence-electron chi connectivity index (χ2n) is 6.77. The highest BCUT2D eigenvalue weighted by atomic mass is 35.5. The SMILES string of the molecule is CCCNC(=O)CN1C(c2ccc(Cl)cc2)=CC(c2ccccc2)n2nnnc21. The van der Waals surface area contributed by atoms with Gasteiger partial charge in [0.25, 0.3) is 5.95 Å². The van der Waals surface area contributed by atoms with Crippen molar-refractivity contribution in [2.45, 2.75) is 19.4 Å². The molecule has 8 heteroatoms. The number of carbonyl (C=O) groups excluding carboxylic acids is 1. The molecule has 1 unspecified atom stereocenters. The number of carbonyl (C=O) groups is 1. The summed E-state index contributed by atoms with van der Waals surface area (Å²) in [5, 5.41) is 15.9. The normalized spacial score (nSPS) is 15.6. The standard InChI is InChI=1S/C21H21ClN6O/c1-2-12-23-20(29)14-27-18(16-8-10-17(22)11-9-16)13-19(15-6-4-3-5-7-15)28-21(27)24-25-26-28/h3-11,13,19H,2,12,14H2,1H3,(H,23,29). The van der Waals surface area contributed by atoms with E-state index in [1.165, 1.54) is 0 Å². The van der Waals surface area contributed by atoms with E-state index in [0.717, 1.165) is 23.2 Å². The Bertz CT molecular complexity index is 1020. The smallest absolute Gasteiger partial charge is 0.251 e. The number of anilines is 1. The van der Waals surface area contributed by atoms with Crippen molar-refractivity contribution in [3.05, 3.63) is 76.8 Å². The lowest BCUT2D eigenvalue weighted by Gasteiger charge is -2.32. The molecule has 1 aliphatic heterocycles. The van der Waals surface area contributed by atoms with Crippen LogP contribution in [0.1, 0.15) is 30.5 Å². The number of hydrogen-bond acceptors (Lipinski definition) is 5. The second-order valence-corrected chi connectivity index (χ2v) is 7.21. The van der Waals surface area contributed by atoms with Crippen LogP contribution in [0.4, 0.5) is 5.95 Å². The van der Waals surface area contributed by atoms with Gasteiger partial charge in [0.1, 0.15) is 12.6 Å². The van der Waals surface area contributed by atoms with Gasteiger partial charge in [0, 0.05) is 11.6 Å². The maximum Gasteiger partial charge on any atom is 0.251 e. The van der Waals surface area contributed by atoms with Gasteiger partial charge in [0.05, 0.1) is 5.70 Å². The molecule has 0 spiro atoms. The first-order valence-electron chi connectivity index (χ1n) is 9.52. The number of rotatable bonds is 6. The fourth-order valence-corrected chi connectivity index (χ4v) is 3.47. The van der Waals surface area contributed by atoms with Gasteiger partial charge in [0.15, 0.2) is 0 Å². The van der Waals surface area contributed by atoms with E-state index in [0.29, 0.717) is 17.5 Å². The first-order valence-corrected chi connectivity index (χ1v) is 9.90. The van der Waals surface area contributed by atoms with Crippen molar-refractivity contribution in [2.75, 3.05) is 18.0 Å². The number of amides is 1. The topological polar surface area (TPSA) is 75.9 Å². The molecular weight excluding hydrogens is 388 g/mol. The van der Waals surface area contributed by atoms with E-state index in [1.807, 2.05) is 66.4 Å². The van der Waals surface area contributed by atoms with Gasteiger partial charge >= 0.3 is 0 Å². The minimum absolute atomic E-state index is 0.0839. The number of nitrogens with zero attached hydrogens (tertiary/aromatic N) is 5. The van der Waals surface area contributed by atoms with Crippen LogP contribution in [0.5, 0.6) is 0 Å². The maximum atomic E-state index is 12.5. The Morgan fingerprint density at radius 1 is 1.14 bits per heavy atom. The summed E-state index contributed by atoms with van der Waals surface area (Å²) in [5.74, 6) is 0.442. The number of allylic oxidation sites excluding steroid dienone is 1. The molecule has 3 aromatic rings. The third-order valence-electron chi connectivity index (χ3n) is 4.74. The molecule has 1 aliphatic rings. The molecule has 2 heterocycles. The van der Waals surface area contributed by atoms with Crippen LogP contribution in [0, 0.1) is 0 Å². The van der Waals surface area contributed by atoms with E-state index in [2.05, 4.69) is 26.9 Å². The summed E-state index contributed by atoms with van der Waals surface area (Å²) in [5.41, 5.74) is 2.86. The van der Waals surface area contributed by atoms with Crippen molar-refractivity contribution in [3.8, 4) is 0 Å². The van der Waals surface area contributed by atoms with Gasteiger partial charge in [-0.15, -0.1) is 0 Å². The van der Waals surface area contributed by atoms with Crippen LogP contribution in [-0.2, 0) is 4.79 Å². The summed E-state index contributed by atoms with van der Waals surface area (Å²) in [4.78, 5) is 14.3. The van der Waals surface area contributed by atoms with Crippen LogP contribution >= 0.6 is 11.6 Å². The molecule has 1 aromatic heterocycles. The second kappa shape index (κ2) is 8.45. The van der Waals surface area contributed by atoms with Crippen molar-refractivity contribution in [1.82, 2.24) is 25.5 Å². The number of benzene rings is 2. The van der Waals surface area contributed by atoms with Crippen LogP contribution in [0.25, 0.3) is 5.70 Å². The summed E-state index contributed by atoms with van der Waals surface area (Å²) < 4.78 is 1.74. The Morgan fingerprint density at radius 3 is 2.62 bits per heavy atom. The summed E-state index contributed by atoms with van der Waals surface area (Å²) in [6.07, 6.45) is 2.95. The molecule has 0 bridgehead atoms. The van der Waals surface area contributed by atoms with Gasteiger partial charge in [-0.1, -0.05) is 66.1 Å². The Hall–Kier alpha value is -3.19. The highest BCUT2D eigenvalue weighted by Crippen LogP contribution is 2.36. The molecule has 29 heavy (non-hydrogen) atoms. The number of halogens is 1. The Kier molecular flexibility index (Phi) is 5.57. The Morgan fingerprint density at radius 2 is 1.90 bits per heavy atom. The number of fused-ring (bicyclic) bond motifs is 1. The highest BCUT2D eigenvalue weighted by molar-refractivity contribution is 6.30. The van der Waals surface area contributed by atoms with Crippen molar-refractivity contribution in [2.24, 2.45) is 0 Å². The lowest BCUT2D eigenvalue weighted by Crippen LogP contribution is -2.40. The molecule has 2 aromatic carbocycles. The molecule has 1 atom stereocenters. The van der Waals surface area contributed by atoms with Crippen molar-refractivity contribution >= 4 is 29.2 Å². The van der Waals surface area contributed by atoms with E-state index in [4.69, 9.17) is 11.6 Å². The monoisotopic (exact) mass is 408 g/mol. The third-order valence-corrected chi connectivity index (χ3v) is 4.99. The minimum atomic E-state index is -0.179. The van der Waals surface area contributed by atoms with E-state index in [-0.39, 0.29) is 18.5 Å². The predicted octanol–water partition coefficient (Wildman–Crippen LogP) is 3.30. The molecule has 1 amide bonds. The lowest BCUT2D eigenvalue weighted by molar-refractivity contribution is -0.119. The summed E-state index contributed by atoms with van der Waals surface area (Å²) in [7, 11) is 0. The van der Waals surface area contributed by atoms with Crippen LogP contribution < -0.4 is 10.2 Å². The van der Waals surface area contributed by atoms with E-state index >= 15 is 0 Å². The van der Waals surface area contributed by atoms with Gasteiger partial charge in [-0.05, 0) is 46.2 Å². The van der Waals surface area contributed by atoms with Gasteiger partial charge in [-0.25, -0.2) is 0 Å². The summed E-state index contributed by atoms with van der Waals surface area (Å²) >= 11 is 6.08. The Balaban J connectivity index is 1.78. The zero-order valence-corrected chi connectivity index (χ0v) is 16.8. The quantitative estimate of drug-likeness (QED) is 0.677. The zero-order valence-electron chi connectivity index (χ0n) is 16.0. The molecule has 1 N–H and O–H groups in total. The van der Waals surface area contributed by atoms with Crippen LogP contribution in [0.3, 0.4) is 0 Å². The van der Waals surface area contributed by atoms with Gasteiger partial charge < -0.3 is 5.32 Å². The fraction of sp³-hybridized carbons (Fsp3) is 0.238. The third kappa shape index (κ3) is 4.00. The molecular formula is C21H21ClN6O. The fourth-order valence-electron chi connectivity index (χ4n) is 3.34. The molecule has 0 saturated carbocycles. The zero-order chi connectivity index (χ0) is 20.2. The molecule has 0 fully saturated rings. The number of aromatic nitrogens is 4. The van der Waals surface area contributed by atoms with E-state index in [9.17, 15) is 4.79 Å². The summed E-state index contributed by atoms with van der Waals surface area (Å²) in [6, 6.07) is 17.4. The van der Waals surface area contributed by atoms with E-state index < -0.39 is 0 Å². The first kappa shape index (κ1) is 19.1. The average molecular weight is 409 g/mol. The number of nitrogens with one attached hydrogen (secondary N) is 1. The number of hydrogen-bond donors (Lipinski definition) is 1. The minimum Gasteiger partial charge on any atom is -0.355 e. The van der Waals surface area contributed by atoms with Gasteiger partial charge in [-0.3, -0.25) is 9.69 Å². The van der Waals surface area contributed by atoms with Gasteiger partial charge in [-0.2, -0.15) is 4.68 Å². The highest BCUT2D eigenvalue weighted by Gasteiger charge is 2.31. The molecule has 0 aliphatic carbocycles. The lowest BCUT2D eigenvalue weighted by atomic mass is 10.0. The first-order chi connectivity index (χ1) is 14.2.